The Labute approximate surface area is 125 Å². The Balaban J connectivity index is 2.65. The number of halogens is 3. The molecule has 1 amide bonds. The molecule has 2 N–H and O–H groups in total. The number of nitrogens with zero attached hydrogens (tertiary/aromatic N) is 2. The minimum absolute atomic E-state index is 0.0252. The van der Waals surface area contributed by atoms with Crippen LogP contribution >= 0.6 is 0 Å². The normalized spacial score (nSPS) is 13.2. The summed E-state index contributed by atoms with van der Waals surface area (Å²) in [5, 5.41) is 15.0. The first-order valence-electron chi connectivity index (χ1n) is 6.71. The van der Waals surface area contributed by atoms with E-state index in [1.807, 2.05) is 13.8 Å². The number of hydrogen-bond donors (Lipinski definition) is 2. The standard InChI is InChI=1S/C13H18F3N3O3/c1-8(2)5-10(12(21)22)18-11(20)9-6-17-19(7-9)4-3-13(14,15)16/h6-8,10H,3-5H2,1-2H3,(H,18,20)(H,21,22). The van der Waals surface area contributed by atoms with Gasteiger partial charge in [0.1, 0.15) is 6.04 Å². The molecule has 0 aliphatic rings. The van der Waals surface area contributed by atoms with Gasteiger partial charge >= 0.3 is 12.1 Å². The highest BCUT2D eigenvalue weighted by Crippen LogP contribution is 2.20. The maximum atomic E-state index is 12.1. The number of carboxylic acid groups (broad SMARTS) is 1. The van der Waals surface area contributed by atoms with Crippen molar-refractivity contribution >= 4 is 11.9 Å². The fourth-order valence-electron chi connectivity index (χ4n) is 1.78. The zero-order chi connectivity index (χ0) is 16.9. The second kappa shape index (κ2) is 7.28. The monoisotopic (exact) mass is 321 g/mol. The van der Waals surface area contributed by atoms with Crippen LogP contribution < -0.4 is 5.32 Å². The van der Waals surface area contributed by atoms with Gasteiger partial charge in [-0.05, 0) is 12.3 Å². The molecule has 1 heterocycles. The molecular formula is C13H18F3N3O3. The molecule has 0 bridgehead atoms. The highest BCUT2D eigenvalue weighted by atomic mass is 19.4. The van der Waals surface area contributed by atoms with Gasteiger partial charge in [0.05, 0.1) is 18.2 Å². The number of carbonyl (C=O) groups excluding carboxylic acids is 1. The second-order valence-electron chi connectivity index (χ2n) is 5.35. The van der Waals surface area contributed by atoms with Crippen LogP contribution in [0, 0.1) is 5.92 Å². The molecule has 1 rings (SSSR count). The number of aromatic nitrogens is 2. The molecule has 0 radical (unpaired) electrons. The lowest BCUT2D eigenvalue weighted by Crippen LogP contribution is -2.41. The van der Waals surface area contributed by atoms with Crippen molar-refractivity contribution in [3.63, 3.8) is 0 Å². The summed E-state index contributed by atoms with van der Waals surface area (Å²) in [5.41, 5.74) is 0.0252. The molecule has 1 aromatic rings. The van der Waals surface area contributed by atoms with Crippen LogP contribution in [-0.4, -0.2) is 39.0 Å². The number of nitrogens with one attached hydrogen (secondary N) is 1. The van der Waals surface area contributed by atoms with E-state index in [4.69, 9.17) is 5.11 Å². The van der Waals surface area contributed by atoms with E-state index >= 15 is 0 Å². The molecule has 0 aliphatic carbocycles. The number of rotatable bonds is 7. The van der Waals surface area contributed by atoms with E-state index in [2.05, 4.69) is 10.4 Å². The molecule has 0 saturated heterocycles. The Hall–Kier alpha value is -2.06. The van der Waals surface area contributed by atoms with E-state index in [9.17, 15) is 22.8 Å². The predicted octanol–water partition coefficient (Wildman–Crippen LogP) is 2.06. The minimum atomic E-state index is -4.31. The summed E-state index contributed by atoms with van der Waals surface area (Å²) >= 11 is 0. The number of alkyl halides is 3. The molecule has 22 heavy (non-hydrogen) atoms. The topological polar surface area (TPSA) is 84.2 Å². The Kier molecular flexibility index (Phi) is 5.95. The van der Waals surface area contributed by atoms with Crippen molar-refractivity contribution in [2.45, 2.75) is 45.5 Å². The number of amides is 1. The molecular weight excluding hydrogens is 303 g/mol. The lowest BCUT2D eigenvalue weighted by molar-refractivity contribution is -0.140. The summed E-state index contributed by atoms with van der Waals surface area (Å²) in [5.74, 6) is -1.77. The van der Waals surface area contributed by atoms with Crippen molar-refractivity contribution in [3.8, 4) is 0 Å². The number of hydrogen-bond acceptors (Lipinski definition) is 3. The molecule has 124 valence electrons. The van der Waals surface area contributed by atoms with Gasteiger partial charge in [0.15, 0.2) is 0 Å². The summed E-state index contributed by atoms with van der Waals surface area (Å²) in [6.45, 7) is 3.24. The van der Waals surface area contributed by atoms with Crippen molar-refractivity contribution < 1.29 is 27.9 Å². The second-order valence-corrected chi connectivity index (χ2v) is 5.35. The van der Waals surface area contributed by atoms with Crippen LogP contribution in [0.4, 0.5) is 13.2 Å². The molecule has 0 fully saturated rings. The Morgan fingerprint density at radius 1 is 1.41 bits per heavy atom. The first-order valence-corrected chi connectivity index (χ1v) is 6.71. The predicted molar refractivity (Wildman–Crippen MR) is 71.2 cm³/mol. The quantitative estimate of drug-likeness (QED) is 0.805. The molecule has 1 aromatic heterocycles. The van der Waals surface area contributed by atoms with Gasteiger partial charge in [-0.3, -0.25) is 9.48 Å². The molecule has 0 aliphatic heterocycles. The summed E-state index contributed by atoms with van der Waals surface area (Å²) < 4.78 is 37.3. The minimum Gasteiger partial charge on any atom is -0.480 e. The molecule has 1 atom stereocenters. The summed E-state index contributed by atoms with van der Waals surface area (Å²) in [7, 11) is 0. The van der Waals surface area contributed by atoms with Gasteiger partial charge < -0.3 is 10.4 Å². The first-order chi connectivity index (χ1) is 10.1. The zero-order valence-corrected chi connectivity index (χ0v) is 12.2. The number of carboxylic acids is 1. The smallest absolute Gasteiger partial charge is 0.390 e. The van der Waals surface area contributed by atoms with Gasteiger partial charge in [-0.15, -0.1) is 0 Å². The van der Waals surface area contributed by atoms with Crippen molar-refractivity contribution in [2.75, 3.05) is 0 Å². The van der Waals surface area contributed by atoms with Crippen molar-refractivity contribution in [1.82, 2.24) is 15.1 Å². The van der Waals surface area contributed by atoms with E-state index in [1.54, 1.807) is 0 Å². The number of aliphatic carboxylic acids is 1. The van der Waals surface area contributed by atoms with Crippen molar-refractivity contribution in [1.29, 1.82) is 0 Å². The van der Waals surface area contributed by atoms with Crippen LogP contribution in [0.15, 0.2) is 12.4 Å². The molecule has 0 spiro atoms. The van der Waals surface area contributed by atoms with Crippen LogP contribution in [0.5, 0.6) is 0 Å². The third kappa shape index (κ3) is 6.15. The van der Waals surface area contributed by atoms with E-state index in [-0.39, 0.29) is 17.9 Å². The number of carbonyl (C=O) groups is 2. The SMILES string of the molecule is CC(C)CC(NC(=O)c1cnn(CCC(F)(F)F)c1)C(=O)O. The van der Waals surface area contributed by atoms with E-state index in [1.165, 1.54) is 0 Å². The largest absolute Gasteiger partial charge is 0.480 e. The van der Waals surface area contributed by atoms with Gasteiger partial charge in [-0.25, -0.2) is 4.79 Å². The third-order valence-corrected chi connectivity index (χ3v) is 2.83. The molecule has 1 unspecified atom stereocenters. The van der Waals surface area contributed by atoms with Gasteiger partial charge in [0.2, 0.25) is 0 Å². The van der Waals surface area contributed by atoms with Crippen LogP contribution in [0.3, 0.4) is 0 Å². The van der Waals surface area contributed by atoms with Crippen molar-refractivity contribution in [3.05, 3.63) is 18.0 Å². The summed E-state index contributed by atoms with van der Waals surface area (Å²) in [4.78, 5) is 23.0. The van der Waals surface area contributed by atoms with E-state index in [0.29, 0.717) is 0 Å². The fraction of sp³-hybridized carbons (Fsp3) is 0.615. The number of aryl methyl sites for hydroxylation is 1. The van der Waals surface area contributed by atoms with E-state index < -0.39 is 37.1 Å². The van der Waals surface area contributed by atoms with Gasteiger partial charge in [-0.2, -0.15) is 18.3 Å². The van der Waals surface area contributed by atoms with Crippen LogP contribution in [0.1, 0.15) is 37.0 Å². The van der Waals surface area contributed by atoms with Gasteiger partial charge in [0, 0.05) is 12.7 Å². The van der Waals surface area contributed by atoms with Crippen molar-refractivity contribution in [2.24, 2.45) is 5.92 Å². The highest BCUT2D eigenvalue weighted by molar-refractivity contribution is 5.96. The Morgan fingerprint density at radius 2 is 2.05 bits per heavy atom. The summed E-state index contributed by atoms with van der Waals surface area (Å²) in [6, 6.07) is -1.05. The average Bonchev–Trinajstić information content (AvgIpc) is 2.82. The molecule has 6 nitrogen and oxygen atoms in total. The first kappa shape index (κ1) is 18.0. The third-order valence-electron chi connectivity index (χ3n) is 2.83. The average molecular weight is 321 g/mol. The Bertz CT molecular complexity index is 526. The maximum absolute atomic E-state index is 12.1. The zero-order valence-electron chi connectivity index (χ0n) is 12.2. The fourth-order valence-corrected chi connectivity index (χ4v) is 1.78. The maximum Gasteiger partial charge on any atom is 0.390 e. The van der Waals surface area contributed by atoms with Crippen LogP contribution in [0.25, 0.3) is 0 Å². The van der Waals surface area contributed by atoms with E-state index in [0.717, 1.165) is 17.1 Å². The van der Waals surface area contributed by atoms with Crippen LogP contribution in [-0.2, 0) is 11.3 Å². The highest BCUT2D eigenvalue weighted by Gasteiger charge is 2.27. The Morgan fingerprint density at radius 3 is 2.55 bits per heavy atom. The lowest BCUT2D eigenvalue weighted by atomic mass is 10.0. The van der Waals surface area contributed by atoms with Gasteiger partial charge in [-0.1, -0.05) is 13.8 Å². The molecule has 0 saturated carbocycles. The van der Waals surface area contributed by atoms with Crippen LogP contribution in [0.2, 0.25) is 0 Å². The summed E-state index contributed by atoms with van der Waals surface area (Å²) in [6.07, 6.45) is -2.83. The lowest BCUT2D eigenvalue weighted by Gasteiger charge is -2.15. The molecule has 0 aromatic carbocycles. The molecule has 9 heteroatoms. The van der Waals surface area contributed by atoms with Gasteiger partial charge in [0.25, 0.3) is 5.91 Å².